The van der Waals surface area contributed by atoms with Gasteiger partial charge in [-0.1, -0.05) is 19.9 Å². The van der Waals surface area contributed by atoms with Crippen molar-refractivity contribution in [3.63, 3.8) is 0 Å². The Morgan fingerprint density at radius 1 is 1.47 bits per heavy atom. The monoisotopic (exact) mass is 263 g/mol. The summed E-state index contributed by atoms with van der Waals surface area (Å²) in [4.78, 5) is 15.8. The molecular weight excluding hydrogens is 238 g/mol. The molecule has 1 aromatic rings. The third kappa shape index (κ3) is 6.91. The molecule has 1 amide bonds. The molecule has 0 aliphatic rings. The van der Waals surface area contributed by atoms with Gasteiger partial charge in [0.1, 0.15) is 0 Å². The van der Waals surface area contributed by atoms with Crippen LogP contribution in [-0.4, -0.2) is 24.0 Å². The average molecular weight is 263 g/mol. The Balaban J connectivity index is 2.23. The van der Waals surface area contributed by atoms with E-state index in [2.05, 4.69) is 24.1 Å². The second-order valence-electron chi connectivity index (χ2n) is 5.40. The van der Waals surface area contributed by atoms with E-state index in [-0.39, 0.29) is 5.91 Å². The van der Waals surface area contributed by atoms with Crippen LogP contribution in [0.2, 0.25) is 0 Å². The Morgan fingerprint density at radius 2 is 2.26 bits per heavy atom. The van der Waals surface area contributed by atoms with Gasteiger partial charge in [-0.25, -0.2) is 0 Å². The van der Waals surface area contributed by atoms with Crippen molar-refractivity contribution in [3.8, 4) is 0 Å². The zero-order valence-corrected chi connectivity index (χ0v) is 11.9. The number of nitrogens with zero attached hydrogens (tertiary/aromatic N) is 1. The fourth-order valence-corrected chi connectivity index (χ4v) is 2.16. The molecule has 1 atom stereocenters. The summed E-state index contributed by atoms with van der Waals surface area (Å²) in [5, 5.41) is 2.95. The first-order chi connectivity index (χ1) is 9.11. The SMILES string of the molecule is CC(C)CC(CN)CC(=O)NCCc1cccnc1. The van der Waals surface area contributed by atoms with Crippen LogP contribution in [0.25, 0.3) is 0 Å². The van der Waals surface area contributed by atoms with E-state index in [1.165, 1.54) is 0 Å². The molecule has 0 radical (unpaired) electrons. The Morgan fingerprint density at radius 3 is 2.84 bits per heavy atom. The summed E-state index contributed by atoms with van der Waals surface area (Å²) < 4.78 is 0. The minimum atomic E-state index is 0.0972. The first-order valence-corrected chi connectivity index (χ1v) is 6.97. The number of carbonyl (C=O) groups excluding carboxylic acids is 1. The van der Waals surface area contributed by atoms with Crippen LogP contribution >= 0.6 is 0 Å². The van der Waals surface area contributed by atoms with Crippen molar-refractivity contribution in [2.45, 2.75) is 33.1 Å². The van der Waals surface area contributed by atoms with Crippen molar-refractivity contribution in [2.75, 3.05) is 13.1 Å². The first kappa shape index (κ1) is 15.6. The van der Waals surface area contributed by atoms with Crippen molar-refractivity contribution in [1.82, 2.24) is 10.3 Å². The van der Waals surface area contributed by atoms with Crippen molar-refractivity contribution in [2.24, 2.45) is 17.6 Å². The number of rotatable bonds is 8. The Hall–Kier alpha value is -1.42. The van der Waals surface area contributed by atoms with Crippen LogP contribution in [0.5, 0.6) is 0 Å². The van der Waals surface area contributed by atoms with E-state index in [1.54, 1.807) is 6.20 Å². The number of carbonyl (C=O) groups is 1. The number of nitrogens with two attached hydrogens (primary N) is 1. The minimum absolute atomic E-state index is 0.0972. The van der Waals surface area contributed by atoms with Gasteiger partial charge in [0.25, 0.3) is 0 Å². The molecule has 0 aromatic carbocycles. The maximum Gasteiger partial charge on any atom is 0.220 e. The first-order valence-electron chi connectivity index (χ1n) is 6.97. The number of nitrogens with one attached hydrogen (secondary N) is 1. The number of hydrogen-bond donors (Lipinski definition) is 2. The molecule has 1 unspecified atom stereocenters. The summed E-state index contributed by atoms with van der Waals surface area (Å²) in [5.74, 6) is 0.968. The third-order valence-corrected chi connectivity index (χ3v) is 3.07. The molecule has 0 aliphatic heterocycles. The Kier molecular flexibility index (Phi) is 7.11. The summed E-state index contributed by atoms with van der Waals surface area (Å²) in [6, 6.07) is 3.92. The lowest BCUT2D eigenvalue weighted by Gasteiger charge is -2.16. The van der Waals surface area contributed by atoms with Crippen molar-refractivity contribution in [3.05, 3.63) is 30.1 Å². The molecule has 106 valence electrons. The normalized spacial score (nSPS) is 12.4. The second kappa shape index (κ2) is 8.64. The highest BCUT2D eigenvalue weighted by Gasteiger charge is 2.13. The third-order valence-electron chi connectivity index (χ3n) is 3.07. The van der Waals surface area contributed by atoms with E-state index >= 15 is 0 Å². The van der Waals surface area contributed by atoms with E-state index < -0.39 is 0 Å². The van der Waals surface area contributed by atoms with Gasteiger partial charge in [0.2, 0.25) is 5.91 Å². The lowest BCUT2D eigenvalue weighted by Crippen LogP contribution is -2.30. The summed E-state index contributed by atoms with van der Waals surface area (Å²) >= 11 is 0. The quantitative estimate of drug-likeness (QED) is 0.751. The van der Waals surface area contributed by atoms with E-state index in [0.29, 0.717) is 31.3 Å². The molecule has 0 saturated heterocycles. The van der Waals surface area contributed by atoms with E-state index in [9.17, 15) is 4.79 Å². The summed E-state index contributed by atoms with van der Waals surface area (Å²) in [6.07, 6.45) is 5.93. The largest absolute Gasteiger partial charge is 0.356 e. The molecule has 4 heteroatoms. The van der Waals surface area contributed by atoms with Crippen molar-refractivity contribution >= 4 is 5.91 Å². The van der Waals surface area contributed by atoms with Gasteiger partial charge >= 0.3 is 0 Å². The van der Waals surface area contributed by atoms with Crippen LogP contribution in [0, 0.1) is 11.8 Å². The van der Waals surface area contributed by atoms with Crippen LogP contribution in [0.15, 0.2) is 24.5 Å². The van der Waals surface area contributed by atoms with Gasteiger partial charge in [-0.05, 0) is 42.9 Å². The van der Waals surface area contributed by atoms with Gasteiger partial charge in [0, 0.05) is 25.4 Å². The topological polar surface area (TPSA) is 68.0 Å². The standard InChI is InChI=1S/C15H25N3O/c1-12(2)8-14(10-16)9-15(19)18-7-5-13-4-3-6-17-11-13/h3-4,6,11-12,14H,5,7-10,16H2,1-2H3,(H,18,19). The highest BCUT2D eigenvalue weighted by Crippen LogP contribution is 2.13. The zero-order valence-electron chi connectivity index (χ0n) is 11.9. The fraction of sp³-hybridized carbons (Fsp3) is 0.600. The molecule has 3 N–H and O–H groups in total. The molecule has 0 fully saturated rings. The van der Waals surface area contributed by atoms with Gasteiger partial charge in [-0.2, -0.15) is 0 Å². The Bertz CT molecular complexity index is 365. The maximum atomic E-state index is 11.8. The van der Waals surface area contributed by atoms with E-state index in [1.807, 2.05) is 18.3 Å². The molecule has 0 aliphatic carbocycles. The molecule has 0 bridgehead atoms. The molecule has 4 nitrogen and oxygen atoms in total. The van der Waals surface area contributed by atoms with Crippen LogP contribution in [0.4, 0.5) is 0 Å². The Labute approximate surface area is 115 Å². The maximum absolute atomic E-state index is 11.8. The molecular formula is C15H25N3O. The smallest absolute Gasteiger partial charge is 0.220 e. The van der Waals surface area contributed by atoms with Gasteiger partial charge in [0.15, 0.2) is 0 Å². The predicted molar refractivity (Wildman–Crippen MR) is 77.6 cm³/mol. The highest BCUT2D eigenvalue weighted by molar-refractivity contribution is 5.76. The van der Waals surface area contributed by atoms with Gasteiger partial charge in [0.05, 0.1) is 0 Å². The van der Waals surface area contributed by atoms with Crippen LogP contribution in [0.3, 0.4) is 0 Å². The predicted octanol–water partition coefficient (Wildman–Crippen LogP) is 1.75. The van der Waals surface area contributed by atoms with Crippen LogP contribution in [-0.2, 0) is 11.2 Å². The molecule has 1 rings (SSSR count). The average Bonchev–Trinajstić information content (AvgIpc) is 2.38. The number of aromatic nitrogens is 1. The number of amides is 1. The van der Waals surface area contributed by atoms with Gasteiger partial charge < -0.3 is 11.1 Å². The molecule has 0 saturated carbocycles. The van der Waals surface area contributed by atoms with Crippen molar-refractivity contribution < 1.29 is 4.79 Å². The minimum Gasteiger partial charge on any atom is -0.356 e. The van der Waals surface area contributed by atoms with Gasteiger partial charge in [-0.3, -0.25) is 9.78 Å². The molecule has 1 aromatic heterocycles. The second-order valence-corrected chi connectivity index (χ2v) is 5.40. The summed E-state index contributed by atoms with van der Waals surface area (Å²) in [7, 11) is 0. The fourth-order valence-electron chi connectivity index (χ4n) is 2.16. The molecule has 19 heavy (non-hydrogen) atoms. The van der Waals surface area contributed by atoms with Gasteiger partial charge in [-0.15, -0.1) is 0 Å². The number of hydrogen-bond acceptors (Lipinski definition) is 3. The highest BCUT2D eigenvalue weighted by atomic mass is 16.1. The molecule has 1 heterocycles. The molecule has 0 spiro atoms. The zero-order chi connectivity index (χ0) is 14.1. The summed E-state index contributed by atoms with van der Waals surface area (Å²) in [6.45, 7) is 5.55. The summed E-state index contributed by atoms with van der Waals surface area (Å²) in [5.41, 5.74) is 6.84. The number of pyridine rings is 1. The van der Waals surface area contributed by atoms with E-state index in [0.717, 1.165) is 18.4 Å². The lowest BCUT2D eigenvalue weighted by molar-refractivity contribution is -0.122. The van der Waals surface area contributed by atoms with Crippen LogP contribution in [0.1, 0.15) is 32.3 Å². The van der Waals surface area contributed by atoms with Crippen LogP contribution < -0.4 is 11.1 Å². The van der Waals surface area contributed by atoms with Crippen molar-refractivity contribution in [1.29, 1.82) is 0 Å². The van der Waals surface area contributed by atoms with E-state index in [4.69, 9.17) is 5.73 Å². The lowest BCUT2D eigenvalue weighted by atomic mass is 9.94.